The molecular formula is C14H23F3N2O2. The Morgan fingerprint density at radius 1 is 1.19 bits per heavy atom. The fourth-order valence-corrected chi connectivity index (χ4v) is 2.48. The lowest BCUT2D eigenvalue weighted by atomic mass is 9.82. The third-order valence-corrected chi connectivity index (χ3v) is 3.55. The molecule has 1 aliphatic heterocycles. The number of hydrogen-bond donors (Lipinski definition) is 1. The summed E-state index contributed by atoms with van der Waals surface area (Å²) in [5, 5.41) is 2.65. The van der Waals surface area contributed by atoms with Crippen LogP contribution >= 0.6 is 0 Å². The third kappa shape index (κ3) is 4.35. The zero-order valence-electron chi connectivity index (χ0n) is 13.0. The first kappa shape index (κ1) is 17.8. The molecule has 2 atom stereocenters. The molecule has 1 aliphatic rings. The Balaban J connectivity index is 3.04. The summed E-state index contributed by atoms with van der Waals surface area (Å²) in [6.07, 6.45) is -5.46. The van der Waals surface area contributed by atoms with Crippen molar-refractivity contribution in [3.05, 3.63) is 0 Å². The number of rotatable bonds is 3. The van der Waals surface area contributed by atoms with Crippen molar-refractivity contribution in [1.29, 1.82) is 0 Å². The quantitative estimate of drug-likeness (QED) is 0.870. The molecule has 0 aromatic carbocycles. The average Bonchev–Trinajstić information content (AvgIpc) is 2.26. The van der Waals surface area contributed by atoms with Crippen molar-refractivity contribution in [3.8, 4) is 0 Å². The number of piperazine rings is 1. The first-order valence-corrected chi connectivity index (χ1v) is 7.02. The lowest BCUT2D eigenvalue weighted by Gasteiger charge is -2.44. The fourth-order valence-electron chi connectivity index (χ4n) is 2.48. The van der Waals surface area contributed by atoms with Crippen LogP contribution in [0.15, 0.2) is 0 Å². The minimum absolute atomic E-state index is 0.247. The van der Waals surface area contributed by atoms with Crippen LogP contribution in [0.3, 0.4) is 0 Å². The van der Waals surface area contributed by atoms with E-state index in [4.69, 9.17) is 0 Å². The molecule has 0 bridgehead atoms. The van der Waals surface area contributed by atoms with Gasteiger partial charge < -0.3 is 10.2 Å². The second kappa shape index (κ2) is 5.85. The van der Waals surface area contributed by atoms with Gasteiger partial charge in [-0.25, -0.2) is 0 Å². The number of halogens is 3. The van der Waals surface area contributed by atoms with Gasteiger partial charge >= 0.3 is 6.18 Å². The summed E-state index contributed by atoms with van der Waals surface area (Å²) in [5.41, 5.74) is -0.550. The van der Waals surface area contributed by atoms with Crippen molar-refractivity contribution < 1.29 is 22.8 Å². The molecule has 2 amide bonds. The van der Waals surface area contributed by atoms with Gasteiger partial charge in [-0.05, 0) is 11.3 Å². The maximum Gasteiger partial charge on any atom is 0.390 e. The highest BCUT2D eigenvalue weighted by atomic mass is 19.4. The molecule has 2 unspecified atom stereocenters. The molecule has 0 aromatic rings. The first-order chi connectivity index (χ1) is 9.34. The van der Waals surface area contributed by atoms with E-state index in [9.17, 15) is 22.8 Å². The van der Waals surface area contributed by atoms with Gasteiger partial charge in [-0.15, -0.1) is 0 Å². The molecule has 0 aromatic heterocycles. The van der Waals surface area contributed by atoms with Crippen molar-refractivity contribution in [1.82, 2.24) is 10.2 Å². The number of carbonyl (C=O) groups excluding carboxylic acids is 2. The molecule has 0 aliphatic carbocycles. The van der Waals surface area contributed by atoms with E-state index in [0.29, 0.717) is 0 Å². The van der Waals surface area contributed by atoms with Crippen molar-refractivity contribution in [2.24, 2.45) is 11.3 Å². The van der Waals surface area contributed by atoms with E-state index in [2.05, 4.69) is 5.32 Å². The minimum atomic E-state index is -4.35. The smallest absolute Gasteiger partial charge is 0.342 e. The molecule has 122 valence electrons. The molecule has 0 radical (unpaired) electrons. The summed E-state index contributed by atoms with van der Waals surface area (Å²) in [6.45, 7) is 8.27. The lowest BCUT2D eigenvalue weighted by molar-refractivity contribution is -0.162. The standard InChI is InChI=1S/C14H23F3N2O2/c1-8(2)9-11(20)18-10(13(3,4)5)12(21)19(9)7-6-14(15,16)17/h8-10H,6-7H2,1-5H3,(H,18,20). The Labute approximate surface area is 123 Å². The zero-order chi connectivity index (χ0) is 16.6. The topological polar surface area (TPSA) is 49.4 Å². The molecule has 0 saturated carbocycles. The predicted molar refractivity (Wildman–Crippen MR) is 72.4 cm³/mol. The van der Waals surface area contributed by atoms with Crippen LogP contribution in [0.25, 0.3) is 0 Å². The van der Waals surface area contributed by atoms with Crippen LogP contribution in [0.5, 0.6) is 0 Å². The van der Waals surface area contributed by atoms with Crippen LogP contribution in [0, 0.1) is 11.3 Å². The SMILES string of the molecule is CC(C)C1C(=O)NC(C(C)(C)C)C(=O)N1CCC(F)(F)F. The Hall–Kier alpha value is -1.27. The summed E-state index contributed by atoms with van der Waals surface area (Å²) in [5.74, 6) is -1.07. The third-order valence-electron chi connectivity index (χ3n) is 3.55. The summed E-state index contributed by atoms with van der Waals surface area (Å²) in [4.78, 5) is 25.8. The van der Waals surface area contributed by atoms with Gasteiger partial charge in [0.15, 0.2) is 0 Å². The van der Waals surface area contributed by atoms with Crippen LogP contribution in [0.2, 0.25) is 0 Å². The second-order valence-corrected chi connectivity index (χ2v) is 6.89. The number of hydrogen-bond acceptors (Lipinski definition) is 2. The molecule has 21 heavy (non-hydrogen) atoms. The number of carbonyl (C=O) groups is 2. The first-order valence-electron chi connectivity index (χ1n) is 7.02. The fraction of sp³-hybridized carbons (Fsp3) is 0.857. The molecule has 4 nitrogen and oxygen atoms in total. The van der Waals surface area contributed by atoms with E-state index in [-0.39, 0.29) is 11.8 Å². The van der Waals surface area contributed by atoms with Gasteiger partial charge in [-0.3, -0.25) is 9.59 Å². The van der Waals surface area contributed by atoms with Crippen LogP contribution in [0.1, 0.15) is 41.0 Å². The molecule has 1 saturated heterocycles. The van der Waals surface area contributed by atoms with E-state index in [0.717, 1.165) is 4.90 Å². The normalized spacial score (nSPS) is 24.5. The summed E-state index contributed by atoms with van der Waals surface area (Å²) < 4.78 is 37.4. The Bertz CT molecular complexity index is 413. The summed E-state index contributed by atoms with van der Waals surface area (Å²) in [6, 6.07) is -1.65. The highest BCUT2D eigenvalue weighted by Gasteiger charge is 2.46. The highest BCUT2D eigenvalue weighted by molar-refractivity contribution is 5.97. The van der Waals surface area contributed by atoms with Gasteiger partial charge in [0, 0.05) is 6.54 Å². The molecule has 7 heteroatoms. The second-order valence-electron chi connectivity index (χ2n) is 6.89. The Kier molecular flexibility index (Phi) is 4.95. The van der Waals surface area contributed by atoms with Crippen molar-refractivity contribution in [2.45, 2.75) is 59.3 Å². The number of amides is 2. The van der Waals surface area contributed by atoms with Crippen LogP contribution in [-0.4, -0.2) is 41.5 Å². The summed E-state index contributed by atoms with van der Waals surface area (Å²) in [7, 11) is 0. The molecule has 1 N–H and O–H groups in total. The van der Waals surface area contributed by atoms with Gasteiger partial charge in [0.1, 0.15) is 12.1 Å². The van der Waals surface area contributed by atoms with Crippen LogP contribution in [0.4, 0.5) is 13.2 Å². The highest BCUT2D eigenvalue weighted by Crippen LogP contribution is 2.29. The Morgan fingerprint density at radius 3 is 2.10 bits per heavy atom. The molecule has 1 heterocycles. The van der Waals surface area contributed by atoms with E-state index in [1.165, 1.54) is 0 Å². The van der Waals surface area contributed by atoms with Crippen LogP contribution in [-0.2, 0) is 9.59 Å². The number of nitrogens with one attached hydrogen (secondary N) is 1. The number of nitrogens with zero attached hydrogens (tertiary/aromatic N) is 1. The van der Waals surface area contributed by atoms with Gasteiger partial charge in [-0.1, -0.05) is 34.6 Å². The van der Waals surface area contributed by atoms with E-state index < -0.39 is 42.5 Å². The summed E-state index contributed by atoms with van der Waals surface area (Å²) >= 11 is 0. The van der Waals surface area contributed by atoms with E-state index in [1.807, 2.05) is 0 Å². The average molecular weight is 308 g/mol. The van der Waals surface area contributed by atoms with Crippen molar-refractivity contribution >= 4 is 11.8 Å². The monoisotopic (exact) mass is 308 g/mol. The molecule has 0 spiro atoms. The predicted octanol–water partition coefficient (Wildman–Crippen LogP) is 2.34. The lowest BCUT2D eigenvalue weighted by Crippen LogP contribution is -2.68. The van der Waals surface area contributed by atoms with Gasteiger partial charge in [0.25, 0.3) is 0 Å². The molecule has 1 rings (SSSR count). The number of alkyl halides is 3. The minimum Gasteiger partial charge on any atom is -0.342 e. The van der Waals surface area contributed by atoms with E-state index in [1.54, 1.807) is 34.6 Å². The van der Waals surface area contributed by atoms with Gasteiger partial charge in [0.05, 0.1) is 6.42 Å². The van der Waals surface area contributed by atoms with Gasteiger partial charge in [-0.2, -0.15) is 13.2 Å². The maximum atomic E-state index is 12.5. The zero-order valence-corrected chi connectivity index (χ0v) is 13.0. The van der Waals surface area contributed by atoms with Gasteiger partial charge in [0.2, 0.25) is 11.8 Å². The molecular weight excluding hydrogens is 285 g/mol. The Morgan fingerprint density at radius 2 is 1.71 bits per heavy atom. The maximum absolute atomic E-state index is 12.5. The van der Waals surface area contributed by atoms with Crippen molar-refractivity contribution in [2.75, 3.05) is 6.54 Å². The van der Waals surface area contributed by atoms with Crippen molar-refractivity contribution in [3.63, 3.8) is 0 Å². The molecule has 1 fully saturated rings. The largest absolute Gasteiger partial charge is 0.390 e. The van der Waals surface area contributed by atoms with Crippen LogP contribution < -0.4 is 5.32 Å². The van der Waals surface area contributed by atoms with E-state index >= 15 is 0 Å².